The van der Waals surface area contributed by atoms with Gasteiger partial charge >= 0.3 is 0 Å². The van der Waals surface area contributed by atoms with Gasteiger partial charge in [0.05, 0.1) is 19.1 Å². The van der Waals surface area contributed by atoms with Crippen molar-refractivity contribution in [1.29, 1.82) is 0 Å². The molecule has 136 valence electrons. The summed E-state index contributed by atoms with van der Waals surface area (Å²) in [5.41, 5.74) is 0.655. The maximum Gasteiger partial charge on any atom is 0.235 e. The van der Waals surface area contributed by atoms with Crippen molar-refractivity contribution < 1.29 is 13.2 Å². The number of halogens is 1. The van der Waals surface area contributed by atoms with E-state index in [-0.39, 0.29) is 19.0 Å². The average Bonchev–Trinajstić information content (AvgIpc) is 3.05. The van der Waals surface area contributed by atoms with Crippen molar-refractivity contribution in [3.8, 4) is 0 Å². The van der Waals surface area contributed by atoms with Crippen LogP contribution in [-0.4, -0.2) is 47.5 Å². The van der Waals surface area contributed by atoms with E-state index in [1.165, 1.54) is 0 Å². The standard InChI is InChI=1S/C16H21ClN4O3S/c1-25(23,24)21(11-14-5-2-3-6-15(14)17)12-16(22)19-7-4-9-20-10-8-18-13-20/h2-3,5-6,8,10,13H,4,7,9,11-12H2,1H3,(H,19,22). The third kappa shape index (κ3) is 6.49. The first-order valence-electron chi connectivity index (χ1n) is 7.77. The number of hydrogen-bond donors (Lipinski definition) is 1. The lowest BCUT2D eigenvalue weighted by Crippen LogP contribution is -2.40. The smallest absolute Gasteiger partial charge is 0.235 e. The number of benzene rings is 1. The van der Waals surface area contributed by atoms with Crippen molar-refractivity contribution in [1.82, 2.24) is 19.2 Å². The lowest BCUT2D eigenvalue weighted by atomic mass is 10.2. The molecule has 25 heavy (non-hydrogen) atoms. The number of sulfonamides is 1. The van der Waals surface area contributed by atoms with Gasteiger partial charge in [-0.05, 0) is 18.1 Å². The van der Waals surface area contributed by atoms with Crippen molar-refractivity contribution in [2.24, 2.45) is 0 Å². The van der Waals surface area contributed by atoms with Crippen molar-refractivity contribution in [2.75, 3.05) is 19.3 Å². The number of carbonyl (C=O) groups is 1. The van der Waals surface area contributed by atoms with Gasteiger partial charge in [0.1, 0.15) is 0 Å². The first-order chi connectivity index (χ1) is 11.9. The molecule has 1 aromatic heterocycles. The lowest BCUT2D eigenvalue weighted by molar-refractivity contribution is -0.121. The summed E-state index contributed by atoms with van der Waals surface area (Å²) in [5.74, 6) is -0.344. The summed E-state index contributed by atoms with van der Waals surface area (Å²) in [6, 6.07) is 6.97. The third-order valence-electron chi connectivity index (χ3n) is 3.57. The third-order valence-corrected chi connectivity index (χ3v) is 5.13. The van der Waals surface area contributed by atoms with E-state index in [1.807, 2.05) is 10.8 Å². The molecule has 2 aromatic rings. The highest BCUT2D eigenvalue weighted by Gasteiger charge is 2.21. The van der Waals surface area contributed by atoms with E-state index in [1.54, 1.807) is 36.8 Å². The van der Waals surface area contributed by atoms with Gasteiger partial charge in [0.2, 0.25) is 15.9 Å². The minimum atomic E-state index is -3.54. The summed E-state index contributed by atoms with van der Waals surface area (Å²) < 4.78 is 26.9. The fourth-order valence-electron chi connectivity index (χ4n) is 2.23. The summed E-state index contributed by atoms with van der Waals surface area (Å²) in [7, 11) is -3.54. The molecule has 0 unspecified atom stereocenters. The van der Waals surface area contributed by atoms with Crippen LogP contribution in [0.15, 0.2) is 43.0 Å². The number of hydrogen-bond acceptors (Lipinski definition) is 4. The number of carbonyl (C=O) groups excluding carboxylic acids is 1. The summed E-state index contributed by atoms with van der Waals surface area (Å²) in [4.78, 5) is 16.0. The van der Waals surface area contributed by atoms with Gasteiger partial charge < -0.3 is 9.88 Å². The van der Waals surface area contributed by atoms with E-state index in [0.29, 0.717) is 17.1 Å². The molecule has 0 aliphatic rings. The average molecular weight is 385 g/mol. The molecule has 2 rings (SSSR count). The summed E-state index contributed by atoms with van der Waals surface area (Å²) in [6.07, 6.45) is 7.05. The Kier molecular flexibility index (Phi) is 6.98. The number of rotatable bonds is 9. The Morgan fingerprint density at radius 1 is 1.36 bits per heavy atom. The molecule has 0 saturated carbocycles. The van der Waals surface area contributed by atoms with Crippen LogP contribution in [0.25, 0.3) is 0 Å². The second-order valence-corrected chi connectivity index (χ2v) is 8.02. The van der Waals surface area contributed by atoms with E-state index in [0.717, 1.165) is 23.5 Å². The van der Waals surface area contributed by atoms with Gasteiger partial charge in [-0.2, -0.15) is 4.31 Å². The quantitative estimate of drug-likeness (QED) is 0.664. The number of amides is 1. The molecule has 0 fully saturated rings. The largest absolute Gasteiger partial charge is 0.355 e. The molecule has 1 N–H and O–H groups in total. The maximum atomic E-state index is 12.1. The molecule has 0 spiro atoms. The number of aromatic nitrogens is 2. The Hall–Kier alpha value is -1.90. The highest BCUT2D eigenvalue weighted by Crippen LogP contribution is 2.18. The number of aryl methyl sites for hydroxylation is 1. The lowest BCUT2D eigenvalue weighted by Gasteiger charge is -2.20. The van der Waals surface area contributed by atoms with Crippen LogP contribution >= 0.6 is 11.6 Å². The van der Waals surface area contributed by atoms with Crippen LogP contribution in [-0.2, 0) is 27.9 Å². The van der Waals surface area contributed by atoms with Gasteiger partial charge in [-0.15, -0.1) is 0 Å². The van der Waals surface area contributed by atoms with Gasteiger partial charge in [-0.3, -0.25) is 4.79 Å². The zero-order valence-corrected chi connectivity index (χ0v) is 15.5. The molecule has 0 saturated heterocycles. The van der Waals surface area contributed by atoms with Crippen LogP contribution in [0.3, 0.4) is 0 Å². The Balaban J connectivity index is 1.86. The van der Waals surface area contributed by atoms with Crippen molar-refractivity contribution >= 4 is 27.5 Å². The van der Waals surface area contributed by atoms with Crippen LogP contribution in [0.5, 0.6) is 0 Å². The SMILES string of the molecule is CS(=O)(=O)N(CC(=O)NCCCn1ccnc1)Cc1ccccc1Cl. The molecule has 1 aromatic carbocycles. The normalized spacial score (nSPS) is 11.6. The molecule has 0 atom stereocenters. The van der Waals surface area contributed by atoms with Crippen molar-refractivity contribution in [2.45, 2.75) is 19.5 Å². The molecule has 0 bridgehead atoms. The summed E-state index contributed by atoms with van der Waals surface area (Å²) in [5, 5.41) is 3.21. The molecule has 0 aliphatic carbocycles. The molecule has 1 amide bonds. The first-order valence-corrected chi connectivity index (χ1v) is 10.00. The van der Waals surface area contributed by atoms with E-state index in [2.05, 4.69) is 10.3 Å². The van der Waals surface area contributed by atoms with Crippen LogP contribution in [0.4, 0.5) is 0 Å². The van der Waals surface area contributed by atoms with Gasteiger partial charge in [-0.25, -0.2) is 13.4 Å². The zero-order valence-electron chi connectivity index (χ0n) is 13.9. The first kappa shape index (κ1) is 19.4. The fraction of sp³-hybridized carbons (Fsp3) is 0.375. The van der Waals surface area contributed by atoms with Crippen LogP contribution in [0.2, 0.25) is 5.02 Å². The highest BCUT2D eigenvalue weighted by molar-refractivity contribution is 7.88. The minimum Gasteiger partial charge on any atom is -0.355 e. The number of nitrogens with zero attached hydrogens (tertiary/aromatic N) is 3. The predicted octanol–water partition coefficient (Wildman–Crippen LogP) is 1.50. The van der Waals surface area contributed by atoms with Crippen LogP contribution in [0.1, 0.15) is 12.0 Å². The van der Waals surface area contributed by atoms with E-state index >= 15 is 0 Å². The predicted molar refractivity (Wildman–Crippen MR) is 96.6 cm³/mol. The van der Waals surface area contributed by atoms with Crippen LogP contribution in [0, 0.1) is 0 Å². The van der Waals surface area contributed by atoms with E-state index in [9.17, 15) is 13.2 Å². The van der Waals surface area contributed by atoms with E-state index < -0.39 is 10.0 Å². The topological polar surface area (TPSA) is 84.3 Å². The summed E-state index contributed by atoms with van der Waals surface area (Å²) in [6.45, 7) is 1.01. The fourth-order valence-corrected chi connectivity index (χ4v) is 3.15. The molecule has 9 heteroatoms. The Bertz CT molecular complexity index is 793. The Morgan fingerprint density at radius 2 is 2.12 bits per heavy atom. The molecular weight excluding hydrogens is 364 g/mol. The van der Waals surface area contributed by atoms with Crippen LogP contribution < -0.4 is 5.32 Å². The Morgan fingerprint density at radius 3 is 2.76 bits per heavy atom. The number of nitrogens with one attached hydrogen (secondary N) is 1. The monoisotopic (exact) mass is 384 g/mol. The van der Waals surface area contributed by atoms with Crippen molar-refractivity contribution in [3.05, 3.63) is 53.6 Å². The molecule has 1 heterocycles. The van der Waals surface area contributed by atoms with Gasteiger partial charge in [-0.1, -0.05) is 29.8 Å². The van der Waals surface area contributed by atoms with Gasteiger partial charge in [0.15, 0.2) is 0 Å². The van der Waals surface area contributed by atoms with Crippen molar-refractivity contribution in [3.63, 3.8) is 0 Å². The molecule has 0 radical (unpaired) electrons. The molecule has 0 aliphatic heterocycles. The van der Waals surface area contributed by atoms with Gasteiger partial charge in [0, 0.05) is 37.1 Å². The Labute approximate surface area is 152 Å². The zero-order chi connectivity index (χ0) is 18.3. The minimum absolute atomic E-state index is 0.0565. The van der Waals surface area contributed by atoms with E-state index in [4.69, 9.17) is 11.6 Å². The number of imidazole rings is 1. The second kappa shape index (κ2) is 8.98. The highest BCUT2D eigenvalue weighted by atomic mass is 35.5. The summed E-state index contributed by atoms with van der Waals surface area (Å²) >= 11 is 6.08. The second-order valence-electron chi connectivity index (χ2n) is 5.63. The van der Waals surface area contributed by atoms with Gasteiger partial charge in [0.25, 0.3) is 0 Å². The molecular formula is C16H21ClN4O3S. The molecule has 7 nitrogen and oxygen atoms in total. The maximum absolute atomic E-state index is 12.1.